The SMILES string of the molecule is CCCCCn1cc(C(=O)NC23CC4CC(CC(C4)C2)C3)c(=O)c2cc(C3CCCCC3)ccc21. The van der Waals surface area contributed by atoms with Crippen LogP contribution in [0.25, 0.3) is 10.9 Å². The molecule has 5 aliphatic rings. The molecule has 4 nitrogen and oxygen atoms in total. The molecule has 0 aliphatic heterocycles. The van der Waals surface area contributed by atoms with E-state index in [0.717, 1.165) is 73.7 Å². The summed E-state index contributed by atoms with van der Waals surface area (Å²) in [5.74, 6) is 2.71. The number of aryl methyl sites for hydroxylation is 1. The van der Waals surface area contributed by atoms with E-state index in [4.69, 9.17) is 0 Å². The number of nitrogens with one attached hydrogen (secondary N) is 1. The van der Waals surface area contributed by atoms with Crippen LogP contribution in [0.15, 0.2) is 29.2 Å². The molecule has 7 rings (SSSR count). The highest BCUT2D eigenvalue weighted by Crippen LogP contribution is 2.55. The molecule has 1 heterocycles. The number of nitrogens with zero attached hydrogens (tertiary/aromatic N) is 1. The Balaban J connectivity index is 1.35. The molecule has 188 valence electrons. The van der Waals surface area contributed by atoms with Crippen LogP contribution in [0.1, 0.15) is 119 Å². The molecule has 0 radical (unpaired) electrons. The van der Waals surface area contributed by atoms with E-state index in [9.17, 15) is 9.59 Å². The van der Waals surface area contributed by atoms with Crippen LogP contribution in [-0.2, 0) is 6.54 Å². The Morgan fingerprint density at radius 2 is 1.69 bits per heavy atom. The Morgan fingerprint density at radius 1 is 1.00 bits per heavy atom. The van der Waals surface area contributed by atoms with Crippen molar-refractivity contribution in [3.8, 4) is 0 Å². The maximum Gasteiger partial charge on any atom is 0.257 e. The predicted molar refractivity (Wildman–Crippen MR) is 142 cm³/mol. The summed E-state index contributed by atoms with van der Waals surface area (Å²) in [4.78, 5) is 27.5. The molecule has 1 aromatic heterocycles. The molecule has 5 saturated carbocycles. The molecule has 1 amide bonds. The Bertz CT molecular complexity index is 1120. The summed E-state index contributed by atoms with van der Waals surface area (Å²) in [6.07, 6.45) is 18.9. The molecular weight excluding hydrogens is 432 g/mol. The van der Waals surface area contributed by atoms with Gasteiger partial charge in [-0.2, -0.15) is 0 Å². The quantitative estimate of drug-likeness (QED) is 0.442. The third-order valence-electron chi connectivity index (χ3n) is 9.84. The molecule has 0 unspecified atom stereocenters. The number of benzene rings is 1. The van der Waals surface area contributed by atoms with Gasteiger partial charge >= 0.3 is 0 Å². The lowest BCUT2D eigenvalue weighted by atomic mass is 9.53. The number of rotatable bonds is 7. The highest BCUT2D eigenvalue weighted by molar-refractivity contribution is 5.98. The van der Waals surface area contributed by atoms with Crippen LogP contribution in [0.2, 0.25) is 0 Å². The summed E-state index contributed by atoms with van der Waals surface area (Å²) in [5.41, 5.74) is 2.46. The van der Waals surface area contributed by atoms with Gasteiger partial charge in [0.25, 0.3) is 5.91 Å². The van der Waals surface area contributed by atoms with Crippen LogP contribution in [0.4, 0.5) is 0 Å². The van der Waals surface area contributed by atoms with Gasteiger partial charge in [-0.3, -0.25) is 9.59 Å². The fourth-order valence-corrected chi connectivity index (χ4v) is 8.56. The molecule has 1 aromatic carbocycles. The number of aromatic nitrogens is 1. The lowest BCUT2D eigenvalue weighted by molar-refractivity contribution is -0.0167. The minimum atomic E-state index is -0.133. The molecule has 0 saturated heterocycles. The maximum atomic E-state index is 13.8. The molecule has 1 N–H and O–H groups in total. The summed E-state index contributed by atoms with van der Waals surface area (Å²) in [6.45, 7) is 3.06. The summed E-state index contributed by atoms with van der Waals surface area (Å²) in [5, 5.41) is 4.21. The van der Waals surface area contributed by atoms with Crippen LogP contribution in [-0.4, -0.2) is 16.0 Å². The lowest BCUT2D eigenvalue weighted by Crippen LogP contribution is -2.60. The highest BCUT2D eigenvalue weighted by atomic mass is 16.2. The van der Waals surface area contributed by atoms with Crippen LogP contribution >= 0.6 is 0 Å². The number of carbonyl (C=O) groups is 1. The first-order valence-electron chi connectivity index (χ1n) is 14.5. The van der Waals surface area contributed by atoms with Crippen molar-refractivity contribution in [3.63, 3.8) is 0 Å². The molecule has 4 bridgehead atoms. The molecule has 35 heavy (non-hydrogen) atoms. The van der Waals surface area contributed by atoms with E-state index in [1.807, 2.05) is 6.20 Å². The van der Waals surface area contributed by atoms with Crippen LogP contribution < -0.4 is 10.7 Å². The van der Waals surface area contributed by atoms with Crippen molar-refractivity contribution in [2.24, 2.45) is 17.8 Å². The number of unbranched alkanes of at least 4 members (excludes halogenated alkanes) is 2. The zero-order chi connectivity index (χ0) is 24.0. The van der Waals surface area contributed by atoms with Gasteiger partial charge < -0.3 is 9.88 Å². The Hall–Kier alpha value is -2.10. The van der Waals surface area contributed by atoms with Gasteiger partial charge in [-0.05, 0) is 99.2 Å². The van der Waals surface area contributed by atoms with Crippen molar-refractivity contribution in [3.05, 3.63) is 45.7 Å². The molecule has 0 spiro atoms. The monoisotopic (exact) mass is 474 g/mol. The van der Waals surface area contributed by atoms with E-state index in [0.29, 0.717) is 11.5 Å². The molecule has 0 atom stereocenters. The fraction of sp³-hybridized carbons (Fsp3) is 0.677. The largest absolute Gasteiger partial charge is 0.346 e. The first-order chi connectivity index (χ1) is 17.0. The Kier molecular flexibility index (Phi) is 6.26. The van der Waals surface area contributed by atoms with E-state index in [2.05, 4.69) is 35.0 Å². The average Bonchev–Trinajstić information content (AvgIpc) is 2.84. The van der Waals surface area contributed by atoms with E-state index >= 15 is 0 Å². The normalized spacial score (nSPS) is 30.1. The number of hydrogen-bond donors (Lipinski definition) is 1. The molecule has 2 aromatic rings. The molecule has 5 aliphatic carbocycles. The molecule has 4 heteroatoms. The van der Waals surface area contributed by atoms with Crippen molar-refractivity contribution in [1.29, 1.82) is 0 Å². The third kappa shape index (κ3) is 4.47. The van der Waals surface area contributed by atoms with Crippen LogP contribution in [0.5, 0.6) is 0 Å². The van der Waals surface area contributed by atoms with Gasteiger partial charge in [0.15, 0.2) is 0 Å². The topological polar surface area (TPSA) is 51.1 Å². The second kappa shape index (κ2) is 9.41. The minimum Gasteiger partial charge on any atom is -0.346 e. The third-order valence-corrected chi connectivity index (χ3v) is 9.84. The smallest absolute Gasteiger partial charge is 0.257 e. The first kappa shape index (κ1) is 23.3. The Labute approximate surface area is 209 Å². The predicted octanol–water partition coefficient (Wildman–Crippen LogP) is 6.94. The average molecular weight is 475 g/mol. The van der Waals surface area contributed by atoms with Crippen molar-refractivity contribution in [1.82, 2.24) is 9.88 Å². The zero-order valence-corrected chi connectivity index (χ0v) is 21.5. The van der Waals surface area contributed by atoms with Crippen molar-refractivity contribution >= 4 is 16.8 Å². The van der Waals surface area contributed by atoms with Crippen LogP contribution in [0.3, 0.4) is 0 Å². The van der Waals surface area contributed by atoms with Gasteiger partial charge in [-0.1, -0.05) is 45.1 Å². The van der Waals surface area contributed by atoms with Crippen molar-refractivity contribution < 1.29 is 4.79 Å². The number of amides is 1. The molecular formula is C31H42N2O2. The maximum absolute atomic E-state index is 13.8. The van der Waals surface area contributed by atoms with E-state index in [1.165, 1.54) is 56.9 Å². The number of pyridine rings is 1. The molecule has 5 fully saturated rings. The van der Waals surface area contributed by atoms with Gasteiger partial charge in [-0.15, -0.1) is 0 Å². The minimum absolute atomic E-state index is 0.0772. The second-order valence-electron chi connectivity index (χ2n) is 12.5. The second-order valence-corrected chi connectivity index (χ2v) is 12.5. The number of carbonyl (C=O) groups excluding carboxylic acids is 1. The van der Waals surface area contributed by atoms with E-state index in [-0.39, 0.29) is 16.9 Å². The lowest BCUT2D eigenvalue weighted by Gasteiger charge is -2.56. The van der Waals surface area contributed by atoms with Gasteiger partial charge in [-0.25, -0.2) is 0 Å². The van der Waals surface area contributed by atoms with Gasteiger partial charge in [0.1, 0.15) is 5.56 Å². The summed E-state index contributed by atoms with van der Waals surface area (Å²) >= 11 is 0. The highest BCUT2D eigenvalue weighted by Gasteiger charge is 2.51. The van der Waals surface area contributed by atoms with Crippen LogP contribution in [0, 0.1) is 17.8 Å². The first-order valence-corrected chi connectivity index (χ1v) is 14.5. The summed E-state index contributed by atoms with van der Waals surface area (Å²) in [6, 6.07) is 6.52. The standard InChI is InChI=1S/C31H42N2O2/c1-2-3-7-12-33-20-27(30(35)32-31-17-21-13-22(18-31)15-23(14-21)19-31)29(34)26-16-25(10-11-28(26)33)24-8-5-4-6-9-24/h10-11,16,20-24H,2-9,12-15,17-19H2,1H3,(H,32,35). The fourth-order valence-electron chi connectivity index (χ4n) is 8.56. The van der Waals surface area contributed by atoms with E-state index < -0.39 is 0 Å². The van der Waals surface area contributed by atoms with Gasteiger partial charge in [0.2, 0.25) is 5.43 Å². The van der Waals surface area contributed by atoms with Gasteiger partial charge in [0.05, 0.1) is 5.52 Å². The number of hydrogen-bond acceptors (Lipinski definition) is 2. The Morgan fingerprint density at radius 3 is 2.34 bits per heavy atom. The van der Waals surface area contributed by atoms with Crippen molar-refractivity contribution in [2.75, 3.05) is 0 Å². The van der Waals surface area contributed by atoms with Gasteiger partial charge in [0, 0.05) is 23.7 Å². The zero-order valence-electron chi connectivity index (χ0n) is 21.5. The summed E-state index contributed by atoms with van der Waals surface area (Å²) < 4.78 is 2.19. The number of fused-ring (bicyclic) bond motifs is 1. The van der Waals surface area contributed by atoms with E-state index in [1.54, 1.807) is 0 Å². The van der Waals surface area contributed by atoms with Crippen molar-refractivity contribution in [2.45, 2.75) is 115 Å². The summed E-state index contributed by atoms with van der Waals surface area (Å²) in [7, 11) is 0.